The molecule has 0 atom stereocenters. The molecule has 0 fully saturated rings. The van der Waals surface area contributed by atoms with Crippen molar-refractivity contribution >= 4 is 28.6 Å². The summed E-state index contributed by atoms with van der Waals surface area (Å²) >= 11 is 7.55. The third kappa shape index (κ3) is 1.66. The van der Waals surface area contributed by atoms with Crippen LogP contribution in [0, 0.1) is 0 Å². The van der Waals surface area contributed by atoms with Crippen molar-refractivity contribution in [2.24, 2.45) is 0 Å². The van der Waals surface area contributed by atoms with Crippen molar-refractivity contribution in [3.63, 3.8) is 0 Å². The van der Waals surface area contributed by atoms with Crippen LogP contribution in [0.5, 0.6) is 0 Å². The molecule has 0 saturated carbocycles. The second-order valence-electron chi connectivity index (χ2n) is 2.61. The third-order valence-electron chi connectivity index (χ3n) is 1.70. The van der Waals surface area contributed by atoms with Gasteiger partial charge in [-0.25, -0.2) is 4.98 Å². The Morgan fingerprint density at radius 2 is 2.23 bits per heavy atom. The Kier molecular flexibility index (Phi) is 2.20. The van der Waals surface area contributed by atoms with E-state index in [0.717, 1.165) is 11.3 Å². The number of anilines is 1. The van der Waals surface area contributed by atoms with Crippen LogP contribution >= 0.6 is 22.9 Å². The zero-order chi connectivity index (χ0) is 9.26. The second kappa shape index (κ2) is 3.36. The number of nitrogens with two attached hydrogens (primary N) is 1. The van der Waals surface area contributed by atoms with E-state index in [1.807, 2.05) is 17.5 Å². The van der Waals surface area contributed by atoms with Gasteiger partial charge in [-0.05, 0) is 18.2 Å². The fourth-order valence-electron chi connectivity index (χ4n) is 1.08. The van der Waals surface area contributed by atoms with Crippen molar-refractivity contribution in [3.05, 3.63) is 34.1 Å². The molecule has 4 heteroatoms. The van der Waals surface area contributed by atoms with Gasteiger partial charge in [-0.1, -0.05) is 11.6 Å². The normalized spacial score (nSPS) is 10.2. The Labute approximate surface area is 85.0 Å². The van der Waals surface area contributed by atoms with Gasteiger partial charge in [-0.3, -0.25) is 0 Å². The first kappa shape index (κ1) is 8.53. The zero-order valence-electron chi connectivity index (χ0n) is 6.70. The topological polar surface area (TPSA) is 38.9 Å². The van der Waals surface area contributed by atoms with E-state index in [4.69, 9.17) is 17.3 Å². The quantitative estimate of drug-likeness (QED) is 0.735. The summed E-state index contributed by atoms with van der Waals surface area (Å²) in [6.45, 7) is 0. The summed E-state index contributed by atoms with van der Waals surface area (Å²) in [4.78, 5) is 4.17. The fraction of sp³-hybridized carbons (Fsp3) is 0. The number of nitrogens with zero attached hydrogens (tertiary/aromatic N) is 1. The summed E-state index contributed by atoms with van der Waals surface area (Å²) in [5, 5.41) is 2.60. The molecule has 2 rings (SSSR count). The van der Waals surface area contributed by atoms with Gasteiger partial charge >= 0.3 is 0 Å². The summed E-state index contributed by atoms with van der Waals surface area (Å²) in [6.07, 6.45) is 0. The average Bonchev–Trinajstić information content (AvgIpc) is 2.56. The molecule has 0 aliphatic rings. The summed E-state index contributed by atoms with van der Waals surface area (Å²) in [7, 11) is 0. The smallest absolute Gasteiger partial charge is 0.0826 e. The highest BCUT2D eigenvalue weighted by molar-refractivity contribution is 7.07. The van der Waals surface area contributed by atoms with E-state index in [9.17, 15) is 0 Å². The van der Waals surface area contributed by atoms with Crippen molar-refractivity contribution in [1.29, 1.82) is 0 Å². The predicted octanol–water partition coefficient (Wildman–Crippen LogP) is 3.05. The minimum Gasteiger partial charge on any atom is -0.399 e. The van der Waals surface area contributed by atoms with Crippen LogP contribution in [0.15, 0.2) is 29.1 Å². The Bertz CT molecular complexity index is 412. The van der Waals surface area contributed by atoms with Crippen molar-refractivity contribution in [3.8, 4) is 11.3 Å². The first-order chi connectivity index (χ1) is 6.27. The molecular weight excluding hydrogens is 204 g/mol. The number of aromatic nitrogens is 1. The molecule has 0 spiro atoms. The van der Waals surface area contributed by atoms with Crippen LogP contribution in [0.25, 0.3) is 11.3 Å². The lowest BCUT2D eigenvalue weighted by Gasteiger charge is -2.00. The third-order valence-corrected chi connectivity index (χ3v) is 2.60. The van der Waals surface area contributed by atoms with Crippen molar-refractivity contribution in [2.45, 2.75) is 0 Å². The van der Waals surface area contributed by atoms with E-state index in [2.05, 4.69) is 4.98 Å². The van der Waals surface area contributed by atoms with Gasteiger partial charge in [-0.2, -0.15) is 0 Å². The highest BCUT2D eigenvalue weighted by Crippen LogP contribution is 2.28. The first-order valence-electron chi connectivity index (χ1n) is 3.71. The molecule has 0 bridgehead atoms. The number of benzene rings is 1. The number of hydrogen-bond acceptors (Lipinski definition) is 3. The Morgan fingerprint density at radius 1 is 1.38 bits per heavy atom. The summed E-state index contributed by atoms with van der Waals surface area (Å²) in [5.74, 6) is 0. The van der Waals surface area contributed by atoms with Crippen molar-refractivity contribution in [2.75, 3.05) is 5.73 Å². The largest absolute Gasteiger partial charge is 0.399 e. The van der Waals surface area contributed by atoms with Crippen LogP contribution in [-0.4, -0.2) is 4.98 Å². The minimum atomic E-state index is 0.644. The van der Waals surface area contributed by atoms with E-state index in [0.29, 0.717) is 10.7 Å². The van der Waals surface area contributed by atoms with Crippen LogP contribution < -0.4 is 5.73 Å². The Hall–Kier alpha value is -1.06. The zero-order valence-corrected chi connectivity index (χ0v) is 8.27. The van der Waals surface area contributed by atoms with Crippen LogP contribution in [-0.2, 0) is 0 Å². The second-order valence-corrected chi connectivity index (χ2v) is 3.74. The molecule has 2 aromatic rings. The van der Waals surface area contributed by atoms with E-state index >= 15 is 0 Å². The van der Waals surface area contributed by atoms with Gasteiger partial charge in [0.15, 0.2) is 0 Å². The summed E-state index contributed by atoms with van der Waals surface area (Å²) in [6, 6.07) is 5.43. The number of hydrogen-bond donors (Lipinski definition) is 1. The minimum absolute atomic E-state index is 0.644. The van der Waals surface area contributed by atoms with E-state index in [1.165, 1.54) is 0 Å². The monoisotopic (exact) mass is 210 g/mol. The molecular formula is C9H7ClN2S. The molecule has 0 amide bonds. The van der Waals surface area contributed by atoms with Gasteiger partial charge in [0, 0.05) is 16.6 Å². The van der Waals surface area contributed by atoms with Gasteiger partial charge in [-0.15, -0.1) is 11.3 Å². The standard InChI is InChI=1S/C9H7ClN2S/c10-8-3-6(11)1-2-7(8)9-4-13-5-12-9/h1-5H,11H2. The van der Waals surface area contributed by atoms with E-state index in [1.54, 1.807) is 22.9 Å². The molecule has 0 radical (unpaired) electrons. The Balaban J connectivity index is 2.53. The van der Waals surface area contributed by atoms with Crippen LogP contribution in [0.4, 0.5) is 5.69 Å². The molecule has 1 aromatic heterocycles. The highest BCUT2D eigenvalue weighted by atomic mass is 35.5. The lowest BCUT2D eigenvalue weighted by Crippen LogP contribution is -1.85. The molecule has 0 saturated heterocycles. The number of rotatable bonds is 1. The molecule has 0 aliphatic heterocycles. The van der Waals surface area contributed by atoms with Gasteiger partial charge in [0.05, 0.1) is 16.2 Å². The average molecular weight is 211 g/mol. The number of nitrogen functional groups attached to an aromatic ring is 1. The molecule has 0 unspecified atom stereocenters. The molecule has 2 nitrogen and oxygen atoms in total. The maximum atomic E-state index is 6.01. The molecule has 1 aromatic carbocycles. The molecule has 2 N–H and O–H groups in total. The molecule has 1 heterocycles. The SMILES string of the molecule is Nc1ccc(-c2cscn2)c(Cl)c1. The summed E-state index contributed by atoms with van der Waals surface area (Å²) < 4.78 is 0. The van der Waals surface area contributed by atoms with Gasteiger partial charge in [0.1, 0.15) is 0 Å². The molecule has 13 heavy (non-hydrogen) atoms. The van der Waals surface area contributed by atoms with Crippen molar-refractivity contribution in [1.82, 2.24) is 4.98 Å². The first-order valence-corrected chi connectivity index (χ1v) is 5.03. The number of thiazole rings is 1. The maximum absolute atomic E-state index is 6.01. The lowest BCUT2D eigenvalue weighted by atomic mass is 10.1. The van der Waals surface area contributed by atoms with Crippen LogP contribution in [0.1, 0.15) is 0 Å². The van der Waals surface area contributed by atoms with E-state index in [-0.39, 0.29) is 0 Å². The molecule has 0 aliphatic carbocycles. The fourth-order valence-corrected chi connectivity index (χ4v) is 1.92. The van der Waals surface area contributed by atoms with Crippen molar-refractivity contribution < 1.29 is 0 Å². The van der Waals surface area contributed by atoms with Gasteiger partial charge in [0.25, 0.3) is 0 Å². The van der Waals surface area contributed by atoms with Gasteiger partial charge in [0.2, 0.25) is 0 Å². The number of halogens is 1. The highest BCUT2D eigenvalue weighted by Gasteiger charge is 2.04. The predicted molar refractivity (Wildman–Crippen MR) is 57.0 cm³/mol. The Morgan fingerprint density at radius 3 is 2.85 bits per heavy atom. The maximum Gasteiger partial charge on any atom is 0.0826 e. The lowest BCUT2D eigenvalue weighted by molar-refractivity contribution is 1.41. The molecule has 66 valence electrons. The summed E-state index contributed by atoms with van der Waals surface area (Å²) in [5.41, 5.74) is 9.85. The van der Waals surface area contributed by atoms with Gasteiger partial charge < -0.3 is 5.73 Å². The van der Waals surface area contributed by atoms with E-state index < -0.39 is 0 Å². The van der Waals surface area contributed by atoms with Crippen LogP contribution in [0.3, 0.4) is 0 Å². The van der Waals surface area contributed by atoms with Crippen LogP contribution in [0.2, 0.25) is 5.02 Å².